The maximum absolute atomic E-state index is 5.25. The molecule has 0 saturated heterocycles. The lowest BCUT2D eigenvalue weighted by molar-refractivity contribution is 0.423. The molecule has 11 heavy (non-hydrogen) atoms. The molecule has 0 rings (SSSR count). The number of rotatable bonds is 6. The number of nitrogens with zero attached hydrogens (tertiary/aromatic N) is 1. The molecular weight excluding hydrogens is 136 g/mol. The standard InChI is InChI=1S/C9H16N2/c1-3-5-8-11(7-4-2)9-6-10/h3-4,6,9H,1-2,5,7-8,10H2/b9-6-. The molecule has 0 aliphatic heterocycles. The molecule has 62 valence electrons. The van der Waals surface area contributed by atoms with E-state index in [1.165, 1.54) is 6.20 Å². The highest BCUT2D eigenvalue weighted by molar-refractivity contribution is 4.85. The van der Waals surface area contributed by atoms with E-state index in [9.17, 15) is 0 Å². The van der Waals surface area contributed by atoms with E-state index in [1.807, 2.05) is 18.4 Å². The lowest BCUT2D eigenvalue weighted by atomic mass is 10.4. The van der Waals surface area contributed by atoms with Crippen molar-refractivity contribution in [3.05, 3.63) is 37.7 Å². The number of nitrogens with two attached hydrogens (primary N) is 1. The summed E-state index contributed by atoms with van der Waals surface area (Å²) in [5, 5.41) is 0. The van der Waals surface area contributed by atoms with Gasteiger partial charge in [0.05, 0.1) is 0 Å². The Labute approximate surface area is 68.7 Å². The summed E-state index contributed by atoms with van der Waals surface area (Å²) in [6.45, 7) is 9.08. The van der Waals surface area contributed by atoms with Crippen molar-refractivity contribution in [1.82, 2.24) is 4.90 Å². The molecule has 0 heterocycles. The zero-order chi connectivity index (χ0) is 8.53. The number of hydrogen-bond donors (Lipinski definition) is 1. The molecule has 0 spiro atoms. The summed E-state index contributed by atoms with van der Waals surface area (Å²) in [4.78, 5) is 2.08. The van der Waals surface area contributed by atoms with Crippen molar-refractivity contribution < 1.29 is 0 Å². The minimum Gasteiger partial charge on any atom is -0.403 e. The van der Waals surface area contributed by atoms with Crippen LogP contribution in [0.25, 0.3) is 0 Å². The second kappa shape index (κ2) is 6.93. The maximum Gasteiger partial charge on any atom is 0.0352 e. The number of hydrogen-bond acceptors (Lipinski definition) is 2. The van der Waals surface area contributed by atoms with Crippen LogP contribution in [0.2, 0.25) is 0 Å². The Morgan fingerprint density at radius 3 is 2.45 bits per heavy atom. The van der Waals surface area contributed by atoms with Gasteiger partial charge in [0.25, 0.3) is 0 Å². The zero-order valence-electron chi connectivity index (χ0n) is 6.87. The largest absolute Gasteiger partial charge is 0.403 e. The lowest BCUT2D eigenvalue weighted by Gasteiger charge is -2.16. The van der Waals surface area contributed by atoms with Crippen molar-refractivity contribution in [2.75, 3.05) is 13.1 Å². The van der Waals surface area contributed by atoms with Gasteiger partial charge < -0.3 is 10.6 Å². The molecule has 0 amide bonds. The van der Waals surface area contributed by atoms with Crippen LogP contribution in [0.3, 0.4) is 0 Å². The minimum absolute atomic E-state index is 0.835. The Balaban J connectivity index is 3.67. The summed E-state index contributed by atoms with van der Waals surface area (Å²) in [7, 11) is 0. The minimum atomic E-state index is 0.835. The first kappa shape index (κ1) is 9.82. The van der Waals surface area contributed by atoms with Gasteiger partial charge >= 0.3 is 0 Å². The average molecular weight is 152 g/mol. The fourth-order valence-corrected chi connectivity index (χ4v) is 0.771. The summed E-state index contributed by atoms with van der Waals surface area (Å²) in [5.74, 6) is 0. The Kier molecular flexibility index (Phi) is 6.19. The van der Waals surface area contributed by atoms with Gasteiger partial charge in [-0.2, -0.15) is 0 Å². The monoisotopic (exact) mass is 152 g/mol. The second-order valence-corrected chi connectivity index (χ2v) is 2.20. The van der Waals surface area contributed by atoms with Gasteiger partial charge in [0.1, 0.15) is 0 Å². The summed E-state index contributed by atoms with van der Waals surface area (Å²) in [5.41, 5.74) is 5.25. The Bertz CT molecular complexity index is 138. The van der Waals surface area contributed by atoms with Crippen LogP contribution in [0.4, 0.5) is 0 Å². The van der Waals surface area contributed by atoms with Crippen molar-refractivity contribution in [2.45, 2.75) is 6.42 Å². The van der Waals surface area contributed by atoms with Crippen LogP contribution in [-0.2, 0) is 0 Å². The first-order valence-electron chi connectivity index (χ1n) is 3.69. The van der Waals surface area contributed by atoms with Crippen LogP contribution in [-0.4, -0.2) is 18.0 Å². The highest BCUT2D eigenvalue weighted by Gasteiger charge is 1.92. The molecule has 2 heteroatoms. The summed E-state index contributed by atoms with van der Waals surface area (Å²) < 4.78 is 0. The van der Waals surface area contributed by atoms with Crippen LogP contribution < -0.4 is 5.73 Å². The normalized spacial score (nSPS) is 9.82. The van der Waals surface area contributed by atoms with E-state index < -0.39 is 0 Å². The van der Waals surface area contributed by atoms with Crippen molar-refractivity contribution in [1.29, 1.82) is 0 Å². The molecule has 0 unspecified atom stereocenters. The van der Waals surface area contributed by atoms with Gasteiger partial charge in [-0.3, -0.25) is 0 Å². The first-order chi connectivity index (χ1) is 5.35. The molecule has 0 atom stereocenters. The fraction of sp³-hybridized carbons (Fsp3) is 0.333. The molecule has 0 aromatic carbocycles. The predicted octanol–water partition coefficient (Wildman–Crippen LogP) is 1.48. The average Bonchev–Trinajstić information content (AvgIpc) is 2.01. The molecule has 0 saturated carbocycles. The van der Waals surface area contributed by atoms with Gasteiger partial charge in [0.2, 0.25) is 0 Å². The smallest absolute Gasteiger partial charge is 0.0352 e. The van der Waals surface area contributed by atoms with Crippen LogP contribution in [0.1, 0.15) is 6.42 Å². The van der Waals surface area contributed by atoms with Gasteiger partial charge in [0, 0.05) is 25.5 Å². The Morgan fingerprint density at radius 1 is 1.27 bits per heavy atom. The first-order valence-corrected chi connectivity index (χ1v) is 3.69. The summed E-state index contributed by atoms with van der Waals surface area (Å²) in [6, 6.07) is 0. The molecule has 2 N–H and O–H groups in total. The third kappa shape index (κ3) is 5.27. The molecule has 0 aromatic rings. The van der Waals surface area contributed by atoms with Crippen molar-refractivity contribution in [2.24, 2.45) is 5.73 Å². The molecule has 2 nitrogen and oxygen atoms in total. The maximum atomic E-state index is 5.25. The van der Waals surface area contributed by atoms with Gasteiger partial charge in [-0.1, -0.05) is 12.2 Å². The Hall–Kier alpha value is -1.18. The molecule has 0 aliphatic rings. The van der Waals surface area contributed by atoms with E-state index >= 15 is 0 Å². The molecule has 0 aromatic heterocycles. The van der Waals surface area contributed by atoms with E-state index in [-0.39, 0.29) is 0 Å². The van der Waals surface area contributed by atoms with E-state index in [4.69, 9.17) is 5.73 Å². The van der Waals surface area contributed by atoms with Crippen molar-refractivity contribution >= 4 is 0 Å². The SMILES string of the molecule is C=CCCN(/C=C\N)CC=C. The van der Waals surface area contributed by atoms with E-state index in [0.29, 0.717) is 0 Å². The zero-order valence-corrected chi connectivity index (χ0v) is 6.87. The summed E-state index contributed by atoms with van der Waals surface area (Å²) in [6.07, 6.45) is 8.10. The van der Waals surface area contributed by atoms with Crippen LogP contribution in [0.5, 0.6) is 0 Å². The van der Waals surface area contributed by atoms with Crippen LogP contribution in [0, 0.1) is 0 Å². The highest BCUT2D eigenvalue weighted by atomic mass is 15.1. The molecule has 0 aliphatic carbocycles. The fourth-order valence-electron chi connectivity index (χ4n) is 0.771. The highest BCUT2D eigenvalue weighted by Crippen LogP contribution is 1.92. The van der Waals surface area contributed by atoms with Crippen molar-refractivity contribution in [3.8, 4) is 0 Å². The quantitative estimate of drug-likeness (QED) is 0.584. The Morgan fingerprint density at radius 2 is 2.00 bits per heavy atom. The molecular formula is C9H16N2. The van der Waals surface area contributed by atoms with Crippen molar-refractivity contribution in [3.63, 3.8) is 0 Å². The van der Waals surface area contributed by atoms with Gasteiger partial charge in [0.15, 0.2) is 0 Å². The third-order valence-corrected chi connectivity index (χ3v) is 1.28. The lowest BCUT2D eigenvalue weighted by Crippen LogP contribution is -2.18. The van der Waals surface area contributed by atoms with E-state index in [0.717, 1.165) is 19.5 Å². The molecule has 0 fully saturated rings. The molecule has 0 radical (unpaired) electrons. The second-order valence-electron chi connectivity index (χ2n) is 2.20. The third-order valence-electron chi connectivity index (χ3n) is 1.28. The van der Waals surface area contributed by atoms with Gasteiger partial charge in [-0.25, -0.2) is 0 Å². The van der Waals surface area contributed by atoms with Gasteiger partial charge in [-0.15, -0.1) is 13.2 Å². The van der Waals surface area contributed by atoms with Gasteiger partial charge in [-0.05, 0) is 6.42 Å². The predicted molar refractivity (Wildman–Crippen MR) is 49.9 cm³/mol. The molecule has 0 bridgehead atoms. The topological polar surface area (TPSA) is 29.3 Å². The van der Waals surface area contributed by atoms with Crippen LogP contribution in [0.15, 0.2) is 37.7 Å². The summed E-state index contributed by atoms with van der Waals surface area (Å²) >= 11 is 0. The van der Waals surface area contributed by atoms with E-state index in [1.54, 1.807) is 0 Å². The van der Waals surface area contributed by atoms with Crippen LogP contribution >= 0.6 is 0 Å². The van der Waals surface area contributed by atoms with E-state index in [2.05, 4.69) is 18.1 Å².